The lowest BCUT2D eigenvalue weighted by molar-refractivity contribution is -0.140. The number of carbonyl (C=O) groups is 2. The van der Waals surface area contributed by atoms with E-state index in [0.717, 1.165) is 6.42 Å². The van der Waals surface area contributed by atoms with E-state index in [4.69, 9.17) is 5.73 Å². The first-order valence-corrected chi connectivity index (χ1v) is 4.64. The Hall–Kier alpha value is -0.860. The number of ketones is 1. The summed E-state index contributed by atoms with van der Waals surface area (Å²) in [5.74, 6) is 0.376. The maximum absolute atomic E-state index is 11.2. The number of hydrogen-bond acceptors (Lipinski definition) is 2. The molecule has 1 rings (SSSR count). The lowest BCUT2D eigenvalue weighted by atomic mass is 9.53. The zero-order chi connectivity index (χ0) is 10.2. The number of primary amides is 1. The Balaban J connectivity index is 2.59. The van der Waals surface area contributed by atoms with Gasteiger partial charge in [-0.1, -0.05) is 13.8 Å². The predicted molar refractivity (Wildman–Crippen MR) is 49.9 cm³/mol. The van der Waals surface area contributed by atoms with E-state index >= 15 is 0 Å². The van der Waals surface area contributed by atoms with Crippen molar-refractivity contribution in [1.82, 2.24) is 0 Å². The Morgan fingerprint density at radius 3 is 2.31 bits per heavy atom. The van der Waals surface area contributed by atoms with Crippen molar-refractivity contribution in [2.45, 2.75) is 33.6 Å². The number of nitrogens with two attached hydrogens (primary N) is 1. The van der Waals surface area contributed by atoms with Crippen LogP contribution >= 0.6 is 0 Å². The molecule has 0 saturated heterocycles. The molecule has 1 fully saturated rings. The van der Waals surface area contributed by atoms with Crippen LogP contribution < -0.4 is 5.73 Å². The average molecular weight is 183 g/mol. The zero-order valence-corrected chi connectivity index (χ0v) is 8.46. The Labute approximate surface area is 78.7 Å². The van der Waals surface area contributed by atoms with Crippen LogP contribution in [-0.2, 0) is 9.59 Å². The van der Waals surface area contributed by atoms with Gasteiger partial charge in [-0.25, -0.2) is 0 Å². The van der Waals surface area contributed by atoms with Crippen LogP contribution in [0.5, 0.6) is 0 Å². The van der Waals surface area contributed by atoms with Crippen LogP contribution in [0.15, 0.2) is 0 Å². The zero-order valence-electron chi connectivity index (χ0n) is 8.46. The lowest BCUT2D eigenvalue weighted by Crippen LogP contribution is -2.49. The SMILES string of the molecule is CC(=O)C1CC(CC(N)=O)C1(C)C. The standard InChI is InChI=1S/C10H17NO2/c1-6(12)8-4-7(5-9(11)13)10(8,2)3/h7-8H,4-5H2,1-3H3,(H2,11,13). The summed E-state index contributed by atoms with van der Waals surface area (Å²) < 4.78 is 0. The molecule has 1 aliphatic carbocycles. The van der Waals surface area contributed by atoms with E-state index in [1.54, 1.807) is 6.92 Å². The molecule has 0 spiro atoms. The first-order valence-electron chi connectivity index (χ1n) is 4.64. The molecule has 1 amide bonds. The molecule has 1 aliphatic rings. The summed E-state index contributed by atoms with van der Waals surface area (Å²) in [5, 5.41) is 0. The van der Waals surface area contributed by atoms with Gasteiger partial charge in [0.25, 0.3) is 0 Å². The van der Waals surface area contributed by atoms with Gasteiger partial charge in [0.15, 0.2) is 0 Å². The van der Waals surface area contributed by atoms with E-state index in [2.05, 4.69) is 0 Å². The predicted octanol–water partition coefficient (Wildman–Crippen LogP) is 1.11. The third-order valence-corrected chi connectivity index (χ3v) is 3.41. The molecule has 3 heteroatoms. The molecule has 0 bridgehead atoms. The molecule has 1 saturated carbocycles. The van der Waals surface area contributed by atoms with Gasteiger partial charge in [0.2, 0.25) is 5.91 Å². The Bertz CT molecular complexity index is 245. The highest BCUT2D eigenvalue weighted by molar-refractivity contribution is 5.81. The van der Waals surface area contributed by atoms with Gasteiger partial charge in [-0.3, -0.25) is 9.59 Å². The van der Waals surface area contributed by atoms with E-state index in [0.29, 0.717) is 12.3 Å². The number of hydrogen-bond donors (Lipinski definition) is 1. The molecule has 0 aromatic rings. The van der Waals surface area contributed by atoms with Crippen molar-refractivity contribution in [3.63, 3.8) is 0 Å². The van der Waals surface area contributed by atoms with Crippen molar-refractivity contribution < 1.29 is 9.59 Å². The second-order valence-electron chi connectivity index (χ2n) is 4.59. The van der Waals surface area contributed by atoms with Crippen LogP contribution in [0.4, 0.5) is 0 Å². The third-order valence-electron chi connectivity index (χ3n) is 3.41. The number of amides is 1. The minimum absolute atomic E-state index is 0.0408. The average Bonchev–Trinajstić information content (AvgIpc) is 1.96. The molecular formula is C10H17NO2. The highest BCUT2D eigenvalue weighted by Gasteiger charge is 2.50. The molecule has 0 aliphatic heterocycles. The molecular weight excluding hydrogens is 166 g/mol. The molecule has 2 atom stereocenters. The van der Waals surface area contributed by atoms with E-state index in [1.807, 2.05) is 13.8 Å². The number of rotatable bonds is 3. The van der Waals surface area contributed by atoms with Crippen LogP contribution in [0.3, 0.4) is 0 Å². The summed E-state index contributed by atoms with van der Waals surface area (Å²) in [6, 6.07) is 0. The summed E-state index contributed by atoms with van der Waals surface area (Å²) in [6.07, 6.45) is 1.24. The fourth-order valence-corrected chi connectivity index (χ4v) is 2.30. The molecule has 0 heterocycles. The molecule has 0 aromatic heterocycles. The highest BCUT2D eigenvalue weighted by atomic mass is 16.1. The van der Waals surface area contributed by atoms with Gasteiger partial charge in [-0.15, -0.1) is 0 Å². The van der Waals surface area contributed by atoms with Gasteiger partial charge in [0, 0.05) is 12.3 Å². The Morgan fingerprint density at radius 2 is 2.00 bits per heavy atom. The van der Waals surface area contributed by atoms with Crippen LogP contribution in [0.25, 0.3) is 0 Å². The van der Waals surface area contributed by atoms with Gasteiger partial charge in [0.05, 0.1) is 0 Å². The summed E-state index contributed by atoms with van der Waals surface area (Å²) >= 11 is 0. The fraction of sp³-hybridized carbons (Fsp3) is 0.800. The maximum atomic E-state index is 11.2. The van der Waals surface area contributed by atoms with Crippen molar-refractivity contribution >= 4 is 11.7 Å². The molecule has 13 heavy (non-hydrogen) atoms. The van der Waals surface area contributed by atoms with Crippen molar-refractivity contribution in [3.05, 3.63) is 0 Å². The van der Waals surface area contributed by atoms with Crippen molar-refractivity contribution in [2.24, 2.45) is 23.0 Å². The molecule has 2 N–H and O–H groups in total. The van der Waals surface area contributed by atoms with Gasteiger partial charge in [-0.2, -0.15) is 0 Å². The van der Waals surface area contributed by atoms with Crippen LogP contribution in [0.2, 0.25) is 0 Å². The monoisotopic (exact) mass is 183 g/mol. The van der Waals surface area contributed by atoms with Gasteiger partial charge >= 0.3 is 0 Å². The molecule has 0 aromatic carbocycles. The summed E-state index contributed by atoms with van der Waals surface area (Å²) in [4.78, 5) is 21.9. The summed E-state index contributed by atoms with van der Waals surface area (Å²) in [6.45, 7) is 5.69. The van der Waals surface area contributed by atoms with E-state index in [1.165, 1.54) is 0 Å². The lowest BCUT2D eigenvalue weighted by Gasteiger charge is -2.50. The largest absolute Gasteiger partial charge is 0.370 e. The molecule has 74 valence electrons. The molecule has 2 unspecified atom stereocenters. The van der Waals surface area contributed by atoms with Gasteiger partial charge in [-0.05, 0) is 24.7 Å². The quantitative estimate of drug-likeness (QED) is 0.712. The van der Waals surface area contributed by atoms with Gasteiger partial charge < -0.3 is 5.73 Å². The minimum Gasteiger partial charge on any atom is -0.370 e. The van der Waals surface area contributed by atoms with E-state index in [-0.39, 0.29) is 23.0 Å². The maximum Gasteiger partial charge on any atom is 0.217 e. The van der Waals surface area contributed by atoms with Crippen LogP contribution in [0, 0.1) is 17.3 Å². The van der Waals surface area contributed by atoms with E-state index < -0.39 is 0 Å². The topological polar surface area (TPSA) is 60.2 Å². The number of carbonyl (C=O) groups excluding carboxylic acids is 2. The van der Waals surface area contributed by atoms with Gasteiger partial charge in [0.1, 0.15) is 5.78 Å². The minimum atomic E-state index is -0.264. The second kappa shape index (κ2) is 3.13. The Kier molecular flexibility index (Phi) is 2.46. The van der Waals surface area contributed by atoms with Crippen LogP contribution in [0.1, 0.15) is 33.6 Å². The van der Waals surface area contributed by atoms with E-state index in [9.17, 15) is 9.59 Å². The molecule has 3 nitrogen and oxygen atoms in total. The molecule has 0 radical (unpaired) electrons. The van der Waals surface area contributed by atoms with Crippen molar-refractivity contribution in [1.29, 1.82) is 0 Å². The number of Topliss-reactive ketones (excluding diaryl/α,β-unsaturated/α-hetero) is 1. The Morgan fingerprint density at radius 1 is 1.46 bits per heavy atom. The van der Waals surface area contributed by atoms with Crippen molar-refractivity contribution in [2.75, 3.05) is 0 Å². The fourth-order valence-electron chi connectivity index (χ4n) is 2.30. The second-order valence-corrected chi connectivity index (χ2v) is 4.59. The summed E-state index contributed by atoms with van der Waals surface area (Å²) in [7, 11) is 0. The summed E-state index contributed by atoms with van der Waals surface area (Å²) in [5.41, 5.74) is 5.08. The third kappa shape index (κ3) is 1.74. The smallest absolute Gasteiger partial charge is 0.217 e. The normalized spacial score (nSPS) is 30.7. The van der Waals surface area contributed by atoms with Crippen molar-refractivity contribution in [3.8, 4) is 0 Å². The first-order chi connectivity index (χ1) is 5.85. The van der Waals surface area contributed by atoms with Crippen LogP contribution in [-0.4, -0.2) is 11.7 Å². The highest BCUT2D eigenvalue weighted by Crippen LogP contribution is 2.52. The first kappa shape index (κ1) is 10.2.